The standard InChI is InChI=1S/C12H19NO3S/c1-3-6-16-7-8-17(14,15)12-9-11(13)5-4-10(12)2/h4-5,9H,3,6-8,13H2,1-2H3. The molecule has 0 atom stereocenters. The maximum absolute atomic E-state index is 12.0. The van der Waals surface area contributed by atoms with Gasteiger partial charge in [-0.2, -0.15) is 0 Å². The molecule has 5 heteroatoms. The van der Waals surface area contributed by atoms with E-state index in [1.165, 1.54) is 6.07 Å². The average molecular weight is 257 g/mol. The zero-order chi connectivity index (χ0) is 12.9. The minimum absolute atomic E-state index is 0.00269. The van der Waals surface area contributed by atoms with Crippen LogP contribution in [-0.2, 0) is 14.6 Å². The number of anilines is 1. The number of aryl methyl sites for hydroxylation is 1. The van der Waals surface area contributed by atoms with E-state index in [1.807, 2.05) is 6.92 Å². The molecule has 0 amide bonds. The third-order valence-electron chi connectivity index (χ3n) is 2.39. The second-order valence-electron chi connectivity index (χ2n) is 3.96. The number of nitrogen functional groups attached to an aromatic ring is 1. The fourth-order valence-electron chi connectivity index (χ4n) is 1.48. The highest BCUT2D eigenvalue weighted by molar-refractivity contribution is 7.91. The first kappa shape index (κ1) is 14.0. The van der Waals surface area contributed by atoms with E-state index in [0.29, 0.717) is 17.2 Å². The highest BCUT2D eigenvalue weighted by Gasteiger charge is 2.17. The van der Waals surface area contributed by atoms with Gasteiger partial charge in [0.1, 0.15) is 0 Å². The average Bonchev–Trinajstić information content (AvgIpc) is 2.28. The second kappa shape index (κ2) is 6.02. The molecular formula is C12H19NO3S. The first-order chi connectivity index (χ1) is 7.97. The van der Waals surface area contributed by atoms with Crippen molar-refractivity contribution in [1.29, 1.82) is 0 Å². The van der Waals surface area contributed by atoms with Crippen molar-refractivity contribution in [3.8, 4) is 0 Å². The molecular weight excluding hydrogens is 238 g/mol. The number of hydrogen-bond donors (Lipinski definition) is 1. The summed E-state index contributed by atoms with van der Waals surface area (Å²) >= 11 is 0. The monoisotopic (exact) mass is 257 g/mol. The van der Waals surface area contributed by atoms with Crippen LogP contribution in [0.15, 0.2) is 23.1 Å². The normalized spacial score (nSPS) is 11.6. The highest BCUT2D eigenvalue weighted by atomic mass is 32.2. The Morgan fingerprint density at radius 3 is 2.65 bits per heavy atom. The van der Waals surface area contributed by atoms with Crippen LogP contribution < -0.4 is 5.73 Å². The van der Waals surface area contributed by atoms with Crippen molar-refractivity contribution in [2.75, 3.05) is 24.7 Å². The third kappa shape index (κ3) is 4.02. The Morgan fingerprint density at radius 2 is 2.00 bits per heavy atom. The Morgan fingerprint density at radius 1 is 1.29 bits per heavy atom. The van der Waals surface area contributed by atoms with Crippen LogP contribution in [0, 0.1) is 6.92 Å². The van der Waals surface area contributed by atoms with Gasteiger partial charge in [0.2, 0.25) is 0 Å². The zero-order valence-corrected chi connectivity index (χ0v) is 11.1. The van der Waals surface area contributed by atoms with Gasteiger partial charge in [-0.05, 0) is 31.0 Å². The largest absolute Gasteiger partial charge is 0.399 e. The summed E-state index contributed by atoms with van der Waals surface area (Å²) in [5.41, 5.74) is 6.78. The molecule has 2 N–H and O–H groups in total. The van der Waals surface area contributed by atoms with E-state index >= 15 is 0 Å². The van der Waals surface area contributed by atoms with E-state index in [2.05, 4.69) is 0 Å². The van der Waals surface area contributed by atoms with Crippen LogP contribution >= 0.6 is 0 Å². The van der Waals surface area contributed by atoms with Crippen molar-refractivity contribution in [3.05, 3.63) is 23.8 Å². The van der Waals surface area contributed by atoms with E-state index in [1.54, 1.807) is 19.1 Å². The number of rotatable bonds is 6. The molecule has 1 aromatic rings. The minimum atomic E-state index is -3.30. The molecule has 0 heterocycles. The molecule has 1 aromatic carbocycles. The van der Waals surface area contributed by atoms with Crippen molar-refractivity contribution in [3.63, 3.8) is 0 Å². The summed E-state index contributed by atoms with van der Waals surface area (Å²) < 4.78 is 29.3. The Labute approximate surface area is 103 Å². The van der Waals surface area contributed by atoms with Gasteiger partial charge in [-0.3, -0.25) is 0 Å². The lowest BCUT2D eigenvalue weighted by Gasteiger charge is -2.08. The molecule has 4 nitrogen and oxygen atoms in total. The van der Waals surface area contributed by atoms with Gasteiger partial charge in [0.25, 0.3) is 0 Å². The van der Waals surface area contributed by atoms with E-state index in [4.69, 9.17) is 10.5 Å². The molecule has 0 saturated carbocycles. The zero-order valence-electron chi connectivity index (χ0n) is 10.3. The van der Waals surface area contributed by atoms with Crippen LogP contribution in [0.2, 0.25) is 0 Å². The number of hydrogen-bond acceptors (Lipinski definition) is 4. The summed E-state index contributed by atoms with van der Waals surface area (Å²) in [6.45, 7) is 4.56. The predicted octanol–water partition coefficient (Wildman–Crippen LogP) is 1.78. The Bertz CT molecular complexity index is 469. The predicted molar refractivity (Wildman–Crippen MR) is 68.8 cm³/mol. The molecule has 0 radical (unpaired) electrons. The van der Waals surface area contributed by atoms with Crippen molar-refractivity contribution >= 4 is 15.5 Å². The molecule has 0 aromatic heterocycles. The SMILES string of the molecule is CCCOCCS(=O)(=O)c1cc(N)ccc1C. The minimum Gasteiger partial charge on any atom is -0.399 e. The first-order valence-corrected chi connectivity index (χ1v) is 7.29. The molecule has 0 bridgehead atoms. The molecule has 0 saturated heterocycles. The molecule has 96 valence electrons. The van der Waals surface area contributed by atoms with Crippen LogP contribution in [0.4, 0.5) is 5.69 Å². The van der Waals surface area contributed by atoms with Crippen LogP contribution in [0.5, 0.6) is 0 Å². The van der Waals surface area contributed by atoms with Gasteiger partial charge in [0, 0.05) is 12.3 Å². The fourth-order valence-corrected chi connectivity index (χ4v) is 2.91. The molecule has 1 rings (SSSR count). The van der Waals surface area contributed by atoms with Gasteiger partial charge in [0.05, 0.1) is 17.3 Å². The second-order valence-corrected chi connectivity index (χ2v) is 6.03. The lowest BCUT2D eigenvalue weighted by Crippen LogP contribution is -2.14. The smallest absolute Gasteiger partial charge is 0.180 e. The van der Waals surface area contributed by atoms with Gasteiger partial charge in [0.15, 0.2) is 9.84 Å². The summed E-state index contributed by atoms with van der Waals surface area (Å²) in [6.07, 6.45) is 0.886. The van der Waals surface area contributed by atoms with Crippen molar-refractivity contribution in [2.45, 2.75) is 25.2 Å². The molecule has 0 aliphatic carbocycles. The summed E-state index contributed by atoms with van der Waals surface area (Å²) in [7, 11) is -3.30. The van der Waals surface area contributed by atoms with E-state index < -0.39 is 9.84 Å². The summed E-state index contributed by atoms with van der Waals surface area (Å²) in [5.74, 6) is -0.00269. The van der Waals surface area contributed by atoms with Crippen LogP contribution in [0.3, 0.4) is 0 Å². The number of ether oxygens (including phenoxy) is 1. The Hall–Kier alpha value is -1.07. The Kier molecular flexibility index (Phi) is 4.96. The molecule has 0 fully saturated rings. The number of benzene rings is 1. The number of nitrogens with two attached hydrogens (primary N) is 1. The van der Waals surface area contributed by atoms with Crippen LogP contribution in [0.1, 0.15) is 18.9 Å². The summed E-state index contributed by atoms with van der Waals surface area (Å²) in [4.78, 5) is 0.303. The van der Waals surface area contributed by atoms with Crippen LogP contribution in [-0.4, -0.2) is 27.4 Å². The van der Waals surface area contributed by atoms with Gasteiger partial charge in [-0.1, -0.05) is 13.0 Å². The molecule has 0 aliphatic rings. The van der Waals surface area contributed by atoms with E-state index in [-0.39, 0.29) is 12.4 Å². The summed E-state index contributed by atoms with van der Waals surface area (Å²) in [6, 6.07) is 4.92. The molecule has 0 unspecified atom stereocenters. The molecule has 0 aliphatic heterocycles. The lowest BCUT2D eigenvalue weighted by atomic mass is 10.2. The van der Waals surface area contributed by atoms with Gasteiger partial charge in [-0.15, -0.1) is 0 Å². The van der Waals surface area contributed by atoms with Crippen molar-refractivity contribution in [1.82, 2.24) is 0 Å². The van der Waals surface area contributed by atoms with Crippen molar-refractivity contribution < 1.29 is 13.2 Å². The van der Waals surface area contributed by atoms with Gasteiger partial charge < -0.3 is 10.5 Å². The fraction of sp³-hybridized carbons (Fsp3) is 0.500. The maximum Gasteiger partial charge on any atom is 0.180 e. The number of sulfone groups is 1. The van der Waals surface area contributed by atoms with Crippen LogP contribution in [0.25, 0.3) is 0 Å². The van der Waals surface area contributed by atoms with E-state index in [0.717, 1.165) is 12.0 Å². The lowest BCUT2D eigenvalue weighted by molar-refractivity contribution is 0.149. The molecule has 0 spiro atoms. The first-order valence-electron chi connectivity index (χ1n) is 5.64. The third-order valence-corrected chi connectivity index (χ3v) is 4.21. The highest BCUT2D eigenvalue weighted by Crippen LogP contribution is 2.19. The summed E-state index contributed by atoms with van der Waals surface area (Å²) in [5, 5.41) is 0. The van der Waals surface area contributed by atoms with E-state index in [9.17, 15) is 8.42 Å². The molecule has 17 heavy (non-hydrogen) atoms. The van der Waals surface area contributed by atoms with Gasteiger partial charge in [-0.25, -0.2) is 8.42 Å². The quantitative estimate of drug-likeness (QED) is 0.623. The maximum atomic E-state index is 12.0. The van der Waals surface area contributed by atoms with Gasteiger partial charge >= 0.3 is 0 Å². The van der Waals surface area contributed by atoms with Crippen molar-refractivity contribution in [2.24, 2.45) is 0 Å². The topological polar surface area (TPSA) is 69.4 Å². The Balaban J connectivity index is 2.79.